The number of benzene rings is 2. The normalized spacial score (nSPS) is 24.5. The highest BCUT2D eigenvalue weighted by atomic mass is 32.2. The third-order valence-electron chi connectivity index (χ3n) is 5.35. The number of carbonyl (C=O) groups excluding carboxylic acids is 2. The summed E-state index contributed by atoms with van der Waals surface area (Å²) < 4.78 is 13.4. The monoisotopic (exact) mass is 399 g/mol. The fourth-order valence-corrected chi connectivity index (χ4v) is 5.22. The number of nitrogens with zero attached hydrogens (tertiary/aromatic N) is 1. The highest BCUT2D eigenvalue weighted by molar-refractivity contribution is 8.01. The Morgan fingerprint density at radius 3 is 2.61 bits per heavy atom. The molecule has 2 aromatic carbocycles. The maximum atomic E-state index is 13.4. The fraction of sp³-hybridized carbons (Fsp3) is 0.333. The largest absolute Gasteiger partial charge is 0.337 e. The summed E-state index contributed by atoms with van der Waals surface area (Å²) >= 11 is 1.47. The summed E-state index contributed by atoms with van der Waals surface area (Å²) in [4.78, 5) is 25.8. The third kappa shape index (κ3) is 3.29. The van der Waals surface area contributed by atoms with Crippen LogP contribution in [0, 0.1) is 12.7 Å². The predicted molar refractivity (Wildman–Crippen MR) is 107 cm³/mol. The number of carbonyl (C=O) groups is 2. The van der Waals surface area contributed by atoms with E-state index in [1.165, 1.54) is 23.9 Å². The molecule has 2 unspecified atom stereocenters. The zero-order chi connectivity index (χ0) is 19.9. The molecule has 28 heavy (non-hydrogen) atoms. The highest BCUT2D eigenvalue weighted by Gasteiger charge is 2.43. The van der Waals surface area contributed by atoms with Gasteiger partial charge in [-0.05, 0) is 54.3 Å². The molecular weight excluding hydrogens is 377 g/mol. The minimum absolute atomic E-state index is 0.0263. The van der Waals surface area contributed by atoms with E-state index in [2.05, 4.69) is 5.32 Å². The van der Waals surface area contributed by atoms with Crippen molar-refractivity contribution in [2.24, 2.45) is 5.73 Å². The average Bonchev–Trinajstić information content (AvgIpc) is 3.28. The van der Waals surface area contributed by atoms with Crippen LogP contribution in [-0.2, 0) is 9.67 Å². The van der Waals surface area contributed by atoms with E-state index < -0.39 is 4.87 Å². The quantitative estimate of drug-likeness (QED) is 0.831. The molecular formula is C21H22FN3O2S. The summed E-state index contributed by atoms with van der Waals surface area (Å²) in [5, 5.41) is 3.06. The number of hydrogen-bond donors (Lipinski definition) is 2. The second kappa shape index (κ2) is 7.22. The van der Waals surface area contributed by atoms with Crippen LogP contribution in [0.1, 0.15) is 33.5 Å². The van der Waals surface area contributed by atoms with Crippen LogP contribution < -0.4 is 11.1 Å². The van der Waals surface area contributed by atoms with Gasteiger partial charge in [-0.15, -0.1) is 11.8 Å². The minimum Gasteiger partial charge on any atom is -0.337 e. The van der Waals surface area contributed by atoms with E-state index in [-0.39, 0.29) is 23.7 Å². The molecule has 2 aromatic rings. The first kappa shape index (κ1) is 19.0. The van der Waals surface area contributed by atoms with Gasteiger partial charge in [0.1, 0.15) is 10.7 Å². The molecule has 0 saturated carbocycles. The molecule has 5 nitrogen and oxygen atoms in total. The fourth-order valence-electron chi connectivity index (χ4n) is 3.93. The molecule has 2 fully saturated rings. The second-order valence-electron chi connectivity index (χ2n) is 7.35. The van der Waals surface area contributed by atoms with Gasteiger partial charge in [0, 0.05) is 24.7 Å². The third-order valence-corrected chi connectivity index (χ3v) is 6.75. The van der Waals surface area contributed by atoms with Crippen molar-refractivity contribution in [2.75, 3.05) is 18.8 Å². The minimum atomic E-state index is -0.785. The van der Waals surface area contributed by atoms with Gasteiger partial charge in [-0.25, -0.2) is 4.39 Å². The number of nitrogens with two attached hydrogens (primary N) is 1. The van der Waals surface area contributed by atoms with Gasteiger partial charge in [0.15, 0.2) is 0 Å². The van der Waals surface area contributed by atoms with Gasteiger partial charge in [-0.1, -0.05) is 18.2 Å². The number of aryl methyl sites for hydroxylation is 1. The van der Waals surface area contributed by atoms with Crippen molar-refractivity contribution >= 4 is 23.6 Å². The first-order chi connectivity index (χ1) is 13.4. The van der Waals surface area contributed by atoms with Crippen LogP contribution in [0.25, 0.3) is 0 Å². The highest BCUT2D eigenvalue weighted by Crippen LogP contribution is 2.45. The lowest BCUT2D eigenvalue weighted by molar-refractivity contribution is -0.118. The van der Waals surface area contributed by atoms with Crippen LogP contribution in [0.3, 0.4) is 0 Å². The van der Waals surface area contributed by atoms with Crippen molar-refractivity contribution in [3.05, 3.63) is 70.5 Å². The van der Waals surface area contributed by atoms with Gasteiger partial charge in [-0.2, -0.15) is 0 Å². The van der Waals surface area contributed by atoms with Gasteiger partial charge < -0.3 is 16.0 Å². The molecule has 0 spiro atoms. The van der Waals surface area contributed by atoms with Gasteiger partial charge in [0.05, 0.1) is 5.75 Å². The average molecular weight is 399 g/mol. The number of halogens is 1. The molecule has 0 aromatic heterocycles. The molecule has 2 saturated heterocycles. The van der Waals surface area contributed by atoms with E-state index in [4.69, 9.17) is 5.73 Å². The van der Waals surface area contributed by atoms with Gasteiger partial charge in [0.2, 0.25) is 5.91 Å². The molecule has 3 N–H and O–H groups in total. The van der Waals surface area contributed by atoms with Crippen molar-refractivity contribution in [3.63, 3.8) is 0 Å². The van der Waals surface area contributed by atoms with E-state index in [9.17, 15) is 14.0 Å². The zero-order valence-electron chi connectivity index (χ0n) is 15.6. The smallest absolute Gasteiger partial charge is 0.253 e. The Balaban J connectivity index is 1.71. The molecule has 2 heterocycles. The summed E-state index contributed by atoms with van der Waals surface area (Å²) in [5.74, 6) is -0.0976. The molecule has 4 rings (SSSR count). The van der Waals surface area contributed by atoms with E-state index in [1.807, 2.05) is 19.1 Å². The van der Waals surface area contributed by atoms with Gasteiger partial charge in [-0.3, -0.25) is 9.59 Å². The Bertz CT molecular complexity index is 934. The Morgan fingerprint density at radius 2 is 2.04 bits per heavy atom. The lowest BCUT2D eigenvalue weighted by Crippen LogP contribution is -2.39. The first-order valence-electron chi connectivity index (χ1n) is 9.26. The predicted octanol–water partition coefficient (Wildman–Crippen LogP) is 2.37. The molecule has 0 aliphatic carbocycles. The van der Waals surface area contributed by atoms with E-state index >= 15 is 0 Å². The van der Waals surface area contributed by atoms with Crippen LogP contribution in [0.2, 0.25) is 0 Å². The lowest BCUT2D eigenvalue weighted by atomic mass is 9.92. The number of likely N-dealkylation sites (tertiary alicyclic amines) is 1. The Hall–Kier alpha value is -2.38. The Labute approximate surface area is 167 Å². The van der Waals surface area contributed by atoms with Crippen LogP contribution in [0.4, 0.5) is 4.39 Å². The standard InChI is InChI=1S/C21H22FN3O2S/c1-13-10-14(20(27)25-9-8-17(23)11-25)2-7-18(13)21(24-19(26)12-28-21)15-3-5-16(22)6-4-15/h2-7,10,17H,8-9,11-12,23H2,1H3,(H,24,26). The second-order valence-corrected chi connectivity index (χ2v) is 8.54. The summed E-state index contributed by atoms with van der Waals surface area (Å²) in [7, 11) is 0. The number of hydrogen-bond acceptors (Lipinski definition) is 4. The summed E-state index contributed by atoms with van der Waals surface area (Å²) in [6.45, 7) is 3.18. The van der Waals surface area contributed by atoms with E-state index in [0.717, 1.165) is 23.1 Å². The summed E-state index contributed by atoms with van der Waals surface area (Å²) in [5.41, 5.74) is 9.12. The molecule has 2 atom stereocenters. The lowest BCUT2D eigenvalue weighted by Gasteiger charge is -2.31. The maximum absolute atomic E-state index is 13.4. The zero-order valence-corrected chi connectivity index (χ0v) is 16.4. The Morgan fingerprint density at radius 1 is 1.29 bits per heavy atom. The maximum Gasteiger partial charge on any atom is 0.253 e. The molecule has 0 radical (unpaired) electrons. The molecule has 0 bridgehead atoms. The number of thioether (sulfide) groups is 1. The molecule has 2 amide bonds. The van der Waals surface area contributed by atoms with Crippen molar-refractivity contribution < 1.29 is 14.0 Å². The van der Waals surface area contributed by atoms with E-state index in [0.29, 0.717) is 24.4 Å². The number of nitrogens with one attached hydrogen (secondary N) is 1. The van der Waals surface area contributed by atoms with Crippen LogP contribution in [0.15, 0.2) is 42.5 Å². The topological polar surface area (TPSA) is 75.4 Å². The molecule has 7 heteroatoms. The summed E-state index contributed by atoms with van der Waals surface area (Å²) in [6, 6.07) is 11.8. The van der Waals surface area contributed by atoms with Gasteiger partial charge in [0.25, 0.3) is 5.91 Å². The van der Waals surface area contributed by atoms with Crippen LogP contribution in [-0.4, -0.2) is 41.6 Å². The number of rotatable bonds is 3. The molecule has 2 aliphatic heterocycles. The van der Waals surface area contributed by atoms with Crippen molar-refractivity contribution in [3.8, 4) is 0 Å². The number of amides is 2. The molecule has 146 valence electrons. The Kier molecular flexibility index (Phi) is 4.89. The first-order valence-corrected chi connectivity index (χ1v) is 10.2. The summed E-state index contributed by atoms with van der Waals surface area (Å²) in [6.07, 6.45) is 0.819. The van der Waals surface area contributed by atoms with E-state index in [1.54, 1.807) is 23.1 Å². The van der Waals surface area contributed by atoms with Gasteiger partial charge >= 0.3 is 0 Å². The van der Waals surface area contributed by atoms with Crippen LogP contribution in [0.5, 0.6) is 0 Å². The van der Waals surface area contributed by atoms with Crippen molar-refractivity contribution in [1.82, 2.24) is 10.2 Å². The van der Waals surface area contributed by atoms with Crippen molar-refractivity contribution in [2.45, 2.75) is 24.3 Å². The molecule has 2 aliphatic rings. The van der Waals surface area contributed by atoms with Crippen LogP contribution >= 0.6 is 11.8 Å². The SMILES string of the molecule is Cc1cc(C(=O)N2CCC(N)C2)ccc1C1(c2ccc(F)cc2)NC(=O)CS1. The van der Waals surface area contributed by atoms with Crippen molar-refractivity contribution in [1.29, 1.82) is 0 Å².